The molecule has 0 aliphatic heterocycles. The summed E-state index contributed by atoms with van der Waals surface area (Å²) in [5.41, 5.74) is 6.46. The fourth-order valence-corrected chi connectivity index (χ4v) is 2.66. The molecule has 0 heterocycles. The van der Waals surface area contributed by atoms with E-state index >= 15 is 0 Å². The van der Waals surface area contributed by atoms with E-state index in [2.05, 4.69) is 83.8 Å². The van der Waals surface area contributed by atoms with Crippen LogP contribution in [0.1, 0.15) is 27.8 Å². The van der Waals surface area contributed by atoms with E-state index < -0.39 is 0 Å². The van der Waals surface area contributed by atoms with E-state index in [0.29, 0.717) is 5.56 Å². The Morgan fingerprint density at radius 2 is 0.926 bits per heavy atom. The zero-order chi connectivity index (χ0) is 19.1. The number of nitriles is 1. The van der Waals surface area contributed by atoms with Crippen molar-refractivity contribution in [1.82, 2.24) is 0 Å². The van der Waals surface area contributed by atoms with Crippen LogP contribution in [0, 0.1) is 11.3 Å². The smallest absolute Gasteiger partial charge is 0.0991 e. The lowest BCUT2D eigenvalue weighted by molar-refractivity contribution is 1.13. The van der Waals surface area contributed by atoms with E-state index in [1.165, 1.54) is 16.8 Å². The predicted molar refractivity (Wildman–Crippen MR) is 116 cm³/mol. The number of anilines is 1. The maximum Gasteiger partial charge on any atom is 0.0991 e. The van der Waals surface area contributed by atoms with Gasteiger partial charge in [-0.05, 0) is 46.5 Å². The van der Waals surface area contributed by atoms with Gasteiger partial charge in [-0.2, -0.15) is 5.26 Å². The summed E-state index contributed by atoms with van der Waals surface area (Å²) < 4.78 is 0. The van der Waals surface area contributed by atoms with Crippen molar-refractivity contribution in [2.75, 3.05) is 19.0 Å². The van der Waals surface area contributed by atoms with Gasteiger partial charge in [-0.25, -0.2) is 0 Å². The summed E-state index contributed by atoms with van der Waals surface area (Å²) in [6.45, 7) is 0. The SMILES string of the molecule is CN(C)c1ccc(/C=C/c2ccc(/C=C/c3ccc(C#N)cc3)cc2)cc1. The van der Waals surface area contributed by atoms with Crippen LogP contribution >= 0.6 is 0 Å². The topological polar surface area (TPSA) is 27.0 Å². The summed E-state index contributed by atoms with van der Waals surface area (Å²) in [6.07, 6.45) is 8.38. The third kappa shape index (κ3) is 5.20. The molecule has 0 saturated carbocycles. The molecule has 0 aromatic heterocycles. The minimum absolute atomic E-state index is 0.680. The van der Waals surface area contributed by atoms with E-state index in [-0.39, 0.29) is 0 Å². The van der Waals surface area contributed by atoms with Gasteiger partial charge in [0, 0.05) is 19.8 Å². The Bertz CT molecular complexity index is 968. The number of hydrogen-bond acceptors (Lipinski definition) is 2. The van der Waals surface area contributed by atoms with E-state index in [1.807, 2.05) is 38.4 Å². The second kappa shape index (κ2) is 8.69. The number of nitrogens with zero attached hydrogens (tertiary/aromatic N) is 2. The normalized spacial score (nSPS) is 11.0. The van der Waals surface area contributed by atoms with Crippen LogP contribution in [0.4, 0.5) is 5.69 Å². The van der Waals surface area contributed by atoms with E-state index in [0.717, 1.165) is 11.1 Å². The molecule has 3 aromatic rings. The highest BCUT2D eigenvalue weighted by atomic mass is 15.1. The van der Waals surface area contributed by atoms with Gasteiger partial charge in [-0.15, -0.1) is 0 Å². The van der Waals surface area contributed by atoms with Crippen molar-refractivity contribution in [1.29, 1.82) is 5.26 Å². The molecule has 0 fully saturated rings. The molecule has 27 heavy (non-hydrogen) atoms. The minimum Gasteiger partial charge on any atom is -0.378 e. The highest BCUT2D eigenvalue weighted by Gasteiger charge is 1.94. The Labute approximate surface area is 161 Å². The van der Waals surface area contributed by atoms with Gasteiger partial charge < -0.3 is 4.90 Å². The predicted octanol–water partition coefficient (Wildman–Crippen LogP) is 5.97. The van der Waals surface area contributed by atoms with Crippen molar-refractivity contribution in [2.45, 2.75) is 0 Å². The molecule has 0 aliphatic carbocycles. The van der Waals surface area contributed by atoms with Crippen molar-refractivity contribution < 1.29 is 0 Å². The third-order valence-corrected chi connectivity index (χ3v) is 4.32. The Hall–Kier alpha value is -3.57. The standard InChI is InChI=1S/C25H22N2/c1-27(2)25-17-15-23(16-18-25)10-9-21-5-3-20(4-6-21)7-8-22-11-13-24(19-26)14-12-22/h3-18H,1-2H3/b8-7+,10-9+. The lowest BCUT2D eigenvalue weighted by Gasteiger charge is -2.11. The van der Waals surface area contributed by atoms with E-state index in [1.54, 1.807) is 0 Å². The van der Waals surface area contributed by atoms with Gasteiger partial charge in [0.2, 0.25) is 0 Å². The Kier molecular flexibility index (Phi) is 5.87. The van der Waals surface area contributed by atoms with Crippen LogP contribution in [-0.2, 0) is 0 Å². The number of rotatable bonds is 5. The number of hydrogen-bond donors (Lipinski definition) is 0. The van der Waals surface area contributed by atoms with E-state index in [4.69, 9.17) is 5.26 Å². The second-order valence-electron chi connectivity index (χ2n) is 6.55. The molecule has 0 saturated heterocycles. The Balaban J connectivity index is 1.64. The van der Waals surface area contributed by atoms with Crippen LogP contribution in [0.5, 0.6) is 0 Å². The molecular weight excluding hydrogens is 328 g/mol. The highest BCUT2D eigenvalue weighted by Crippen LogP contribution is 2.16. The van der Waals surface area contributed by atoms with Crippen LogP contribution in [0.3, 0.4) is 0 Å². The van der Waals surface area contributed by atoms with Gasteiger partial charge in [0.15, 0.2) is 0 Å². The summed E-state index contributed by atoms with van der Waals surface area (Å²) in [4.78, 5) is 2.09. The van der Waals surface area contributed by atoms with Crippen LogP contribution in [0.25, 0.3) is 24.3 Å². The first-order valence-electron chi connectivity index (χ1n) is 8.88. The molecule has 2 heteroatoms. The lowest BCUT2D eigenvalue weighted by atomic mass is 10.1. The lowest BCUT2D eigenvalue weighted by Crippen LogP contribution is -2.07. The molecule has 3 aromatic carbocycles. The zero-order valence-electron chi connectivity index (χ0n) is 15.6. The molecule has 0 amide bonds. The molecular formula is C25H22N2. The monoisotopic (exact) mass is 350 g/mol. The third-order valence-electron chi connectivity index (χ3n) is 4.32. The van der Waals surface area contributed by atoms with Gasteiger partial charge >= 0.3 is 0 Å². The maximum absolute atomic E-state index is 8.84. The Morgan fingerprint density at radius 1 is 0.593 bits per heavy atom. The fourth-order valence-electron chi connectivity index (χ4n) is 2.66. The molecule has 132 valence electrons. The van der Waals surface area contributed by atoms with Crippen molar-refractivity contribution in [3.8, 4) is 6.07 Å². The average Bonchev–Trinajstić information content (AvgIpc) is 2.72. The molecule has 0 aliphatic rings. The summed E-state index contributed by atoms with van der Waals surface area (Å²) in [7, 11) is 4.09. The number of benzene rings is 3. The van der Waals surface area contributed by atoms with Gasteiger partial charge in [-0.1, -0.05) is 72.8 Å². The first-order chi connectivity index (χ1) is 13.1. The van der Waals surface area contributed by atoms with Crippen molar-refractivity contribution >= 4 is 30.0 Å². The van der Waals surface area contributed by atoms with Crippen molar-refractivity contribution in [3.63, 3.8) is 0 Å². The first kappa shape index (κ1) is 18.2. The zero-order valence-corrected chi connectivity index (χ0v) is 15.6. The molecule has 0 N–H and O–H groups in total. The van der Waals surface area contributed by atoms with Gasteiger partial charge in [-0.3, -0.25) is 0 Å². The molecule has 0 atom stereocenters. The largest absolute Gasteiger partial charge is 0.378 e. The molecule has 0 bridgehead atoms. The summed E-state index contributed by atoms with van der Waals surface area (Å²) in [5.74, 6) is 0. The minimum atomic E-state index is 0.680. The second-order valence-corrected chi connectivity index (χ2v) is 6.55. The van der Waals surface area contributed by atoms with Gasteiger partial charge in [0.05, 0.1) is 11.6 Å². The molecule has 0 unspecified atom stereocenters. The van der Waals surface area contributed by atoms with E-state index in [9.17, 15) is 0 Å². The maximum atomic E-state index is 8.84. The molecule has 0 radical (unpaired) electrons. The van der Waals surface area contributed by atoms with Gasteiger partial charge in [0.1, 0.15) is 0 Å². The van der Waals surface area contributed by atoms with Crippen molar-refractivity contribution in [3.05, 3.63) is 101 Å². The highest BCUT2D eigenvalue weighted by molar-refractivity contribution is 5.73. The van der Waals surface area contributed by atoms with Crippen LogP contribution < -0.4 is 4.90 Å². The molecule has 3 rings (SSSR count). The fraction of sp³-hybridized carbons (Fsp3) is 0.0800. The molecule has 2 nitrogen and oxygen atoms in total. The quantitative estimate of drug-likeness (QED) is 0.530. The van der Waals surface area contributed by atoms with Gasteiger partial charge in [0.25, 0.3) is 0 Å². The van der Waals surface area contributed by atoms with Crippen LogP contribution in [-0.4, -0.2) is 14.1 Å². The summed E-state index contributed by atoms with van der Waals surface area (Å²) >= 11 is 0. The van der Waals surface area contributed by atoms with Crippen LogP contribution in [0.15, 0.2) is 72.8 Å². The first-order valence-corrected chi connectivity index (χ1v) is 8.88. The van der Waals surface area contributed by atoms with Crippen molar-refractivity contribution in [2.24, 2.45) is 0 Å². The summed E-state index contributed by atoms with van der Waals surface area (Å²) in [5, 5.41) is 8.84. The Morgan fingerprint density at radius 3 is 1.26 bits per heavy atom. The average molecular weight is 350 g/mol. The molecule has 0 spiro atoms. The summed E-state index contributed by atoms with van der Waals surface area (Å²) in [6, 6.07) is 26.6. The van der Waals surface area contributed by atoms with Crippen LogP contribution in [0.2, 0.25) is 0 Å².